The predicted molar refractivity (Wildman–Crippen MR) is 120 cm³/mol. The summed E-state index contributed by atoms with van der Waals surface area (Å²) in [6.07, 6.45) is 1.24. The molecule has 4 heteroatoms. The third-order valence-corrected chi connectivity index (χ3v) is 4.96. The van der Waals surface area contributed by atoms with E-state index in [1.54, 1.807) is 19.1 Å². The molecule has 3 aromatic rings. The number of benzene rings is 3. The van der Waals surface area contributed by atoms with Crippen molar-refractivity contribution in [2.24, 2.45) is 5.73 Å². The highest BCUT2D eigenvalue weighted by atomic mass is 19.1. The summed E-state index contributed by atoms with van der Waals surface area (Å²) in [5, 5.41) is 0. The minimum atomic E-state index is -0.408. The third-order valence-electron chi connectivity index (χ3n) is 4.96. The molecule has 0 aliphatic rings. The quantitative estimate of drug-likeness (QED) is 0.409. The van der Waals surface area contributed by atoms with E-state index in [0.29, 0.717) is 30.5 Å². The van der Waals surface area contributed by atoms with Gasteiger partial charge in [0.2, 0.25) is 0 Å². The number of esters is 1. The van der Waals surface area contributed by atoms with Gasteiger partial charge in [-0.1, -0.05) is 67.2 Å². The van der Waals surface area contributed by atoms with Crippen LogP contribution in [0.15, 0.2) is 78.9 Å². The van der Waals surface area contributed by atoms with E-state index in [2.05, 4.69) is 6.58 Å². The molecule has 3 nitrogen and oxygen atoms in total. The lowest BCUT2D eigenvalue weighted by Gasteiger charge is -2.13. The summed E-state index contributed by atoms with van der Waals surface area (Å²) in [5.74, 6) is -0.684. The highest BCUT2D eigenvalue weighted by Gasteiger charge is 2.11. The highest BCUT2D eigenvalue weighted by Crippen LogP contribution is 2.29. The maximum Gasteiger partial charge on any atom is 0.333 e. The molecule has 2 N–H and O–H groups in total. The zero-order valence-corrected chi connectivity index (χ0v) is 17.2. The summed E-state index contributed by atoms with van der Waals surface area (Å²) in [5.41, 5.74) is 11.3. The minimum Gasteiger partial charge on any atom is -0.462 e. The van der Waals surface area contributed by atoms with Gasteiger partial charge in [-0.25, -0.2) is 9.18 Å². The molecule has 0 radical (unpaired) electrons. The van der Waals surface area contributed by atoms with E-state index in [1.807, 2.05) is 54.6 Å². The fraction of sp³-hybridized carbons (Fsp3) is 0.192. The Morgan fingerprint density at radius 1 is 0.933 bits per heavy atom. The Bertz CT molecular complexity index is 1040. The minimum absolute atomic E-state index is 0.238. The summed E-state index contributed by atoms with van der Waals surface area (Å²) >= 11 is 0. The maximum absolute atomic E-state index is 14.9. The van der Waals surface area contributed by atoms with Crippen molar-refractivity contribution in [3.8, 4) is 22.3 Å². The van der Waals surface area contributed by atoms with Gasteiger partial charge in [-0.05, 0) is 53.8 Å². The van der Waals surface area contributed by atoms with Crippen molar-refractivity contribution in [3.05, 3.63) is 95.8 Å². The van der Waals surface area contributed by atoms with Gasteiger partial charge in [0.05, 0.1) is 6.61 Å². The van der Waals surface area contributed by atoms with Crippen molar-refractivity contribution >= 4 is 5.97 Å². The largest absolute Gasteiger partial charge is 0.462 e. The lowest BCUT2D eigenvalue weighted by atomic mass is 9.94. The second kappa shape index (κ2) is 9.99. The van der Waals surface area contributed by atoms with Crippen molar-refractivity contribution in [1.82, 2.24) is 0 Å². The van der Waals surface area contributed by atoms with Crippen molar-refractivity contribution in [2.75, 3.05) is 13.2 Å². The van der Waals surface area contributed by atoms with Crippen LogP contribution in [0.25, 0.3) is 22.3 Å². The van der Waals surface area contributed by atoms with Crippen LogP contribution < -0.4 is 5.73 Å². The van der Waals surface area contributed by atoms with Crippen LogP contribution in [-0.4, -0.2) is 19.1 Å². The summed E-state index contributed by atoms with van der Waals surface area (Å²) < 4.78 is 20.2. The second-order valence-corrected chi connectivity index (χ2v) is 7.25. The van der Waals surface area contributed by atoms with Crippen LogP contribution in [0, 0.1) is 5.82 Å². The monoisotopic (exact) mass is 403 g/mol. The van der Waals surface area contributed by atoms with E-state index in [-0.39, 0.29) is 12.4 Å². The third kappa shape index (κ3) is 5.22. The maximum atomic E-state index is 14.9. The number of ether oxygens (including phenoxy) is 1. The Morgan fingerprint density at radius 2 is 1.67 bits per heavy atom. The molecule has 0 fully saturated rings. The summed E-state index contributed by atoms with van der Waals surface area (Å²) in [4.78, 5) is 11.6. The average molecular weight is 403 g/mol. The first-order chi connectivity index (χ1) is 14.5. The standard InChI is InChI=1S/C26H26FNO2/c1-18(2)26(29)30-15-13-22-16-23(9-8-20(22)12-14-28)24-11-10-21(17-25(24)27)19-6-4-3-5-7-19/h3-11,16-17H,1,12-15,28H2,2H3. The lowest BCUT2D eigenvalue weighted by molar-refractivity contribution is -0.138. The van der Waals surface area contributed by atoms with Gasteiger partial charge in [0, 0.05) is 17.6 Å². The molecule has 0 heterocycles. The molecule has 0 bridgehead atoms. The Hall–Kier alpha value is -3.24. The number of halogens is 1. The highest BCUT2D eigenvalue weighted by molar-refractivity contribution is 5.86. The number of rotatable bonds is 8. The molecule has 3 aromatic carbocycles. The first-order valence-corrected chi connectivity index (χ1v) is 9.99. The zero-order valence-electron chi connectivity index (χ0n) is 17.2. The average Bonchev–Trinajstić information content (AvgIpc) is 2.75. The van der Waals surface area contributed by atoms with Crippen LogP contribution in [0.1, 0.15) is 18.1 Å². The van der Waals surface area contributed by atoms with Crippen molar-refractivity contribution < 1.29 is 13.9 Å². The van der Waals surface area contributed by atoms with Crippen LogP contribution in [0.3, 0.4) is 0 Å². The number of hydrogen-bond acceptors (Lipinski definition) is 3. The Morgan fingerprint density at radius 3 is 2.33 bits per heavy atom. The molecule has 3 rings (SSSR count). The topological polar surface area (TPSA) is 52.3 Å². The van der Waals surface area contributed by atoms with Gasteiger partial charge in [0.25, 0.3) is 0 Å². The molecular weight excluding hydrogens is 377 g/mol. The number of nitrogens with two attached hydrogens (primary N) is 1. The molecule has 154 valence electrons. The smallest absolute Gasteiger partial charge is 0.333 e. The van der Waals surface area contributed by atoms with Gasteiger partial charge in [-0.3, -0.25) is 0 Å². The molecule has 0 amide bonds. The molecule has 0 unspecified atom stereocenters. The fourth-order valence-electron chi connectivity index (χ4n) is 3.36. The Kier molecular flexibility index (Phi) is 7.15. The number of carbonyl (C=O) groups is 1. The molecule has 30 heavy (non-hydrogen) atoms. The molecule has 0 spiro atoms. The number of hydrogen-bond donors (Lipinski definition) is 1. The van der Waals surface area contributed by atoms with E-state index >= 15 is 0 Å². The molecule has 0 aromatic heterocycles. The van der Waals surface area contributed by atoms with Gasteiger partial charge in [0.15, 0.2) is 0 Å². The van der Waals surface area contributed by atoms with Gasteiger partial charge < -0.3 is 10.5 Å². The van der Waals surface area contributed by atoms with E-state index in [1.165, 1.54) is 0 Å². The van der Waals surface area contributed by atoms with Crippen LogP contribution in [0.4, 0.5) is 4.39 Å². The summed E-state index contributed by atoms with van der Waals surface area (Å²) in [6, 6.07) is 20.9. The van der Waals surface area contributed by atoms with Crippen molar-refractivity contribution in [2.45, 2.75) is 19.8 Å². The van der Waals surface area contributed by atoms with E-state index in [9.17, 15) is 9.18 Å². The SMILES string of the molecule is C=C(C)C(=O)OCCc1cc(-c2ccc(-c3ccccc3)cc2F)ccc1CCN. The first kappa shape index (κ1) is 21.5. The van der Waals surface area contributed by atoms with Crippen LogP contribution in [-0.2, 0) is 22.4 Å². The fourth-order valence-corrected chi connectivity index (χ4v) is 3.36. The Labute approximate surface area is 177 Å². The number of carbonyl (C=O) groups excluding carboxylic acids is 1. The normalized spacial score (nSPS) is 10.6. The van der Waals surface area contributed by atoms with Gasteiger partial charge in [0.1, 0.15) is 5.82 Å². The second-order valence-electron chi connectivity index (χ2n) is 7.25. The van der Waals surface area contributed by atoms with Crippen molar-refractivity contribution in [1.29, 1.82) is 0 Å². The van der Waals surface area contributed by atoms with Crippen LogP contribution >= 0.6 is 0 Å². The molecule has 0 saturated carbocycles. The van der Waals surface area contributed by atoms with Crippen molar-refractivity contribution in [3.63, 3.8) is 0 Å². The van der Waals surface area contributed by atoms with E-state index < -0.39 is 5.97 Å². The lowest BCUT2D eigenvalue weighted by Crippen LogP contribution is -2.11. The van der Waals surface area contributed by atoms with Gasteiger partial charge in [-0.2, -0.15) is 0 Å². The van der Waals surface area contributed by atoms with Gasteiger partial charge >= 0.3 is 5.97 Å². The van der Waals surface area contributed by atoms with Crippen LogP contribution in [0.2, 0.25) is 0 Å². The van der Waals surface area contributed by atoms with Gasteiger partial charge in [-0.15, -0.1) is 0 Å². The molecule has 0 aliphatic carbocycles. The molecular formula is C26H26FNO2. The first-order valence-electron chi connectivity index (χ1n) is 9.99. The Balaban J connectivity index is 1.86. The van der Waals surface area contributed by atoms with E-state index in [0.717, 1.165) is 27.8 Å². The van der Waals surface area contributed by atoms with E-state index in [4.69, 9.17) is 10.5 Å². The predicted octanol–water partition coefficient (Wildman–Crippen LogP) is 5.32. The summed E-state index contributed by atoms with van der Waals surface area (Å²) in [7, 11) is 0. The molecule has 0 aliphatic heterocycles. The summed E-state index contributed by atoms with van der Waals surface area (Å²) in [6.45, 7) is 5.95. The molecule has 0 atom stereocenters. The molecule has 0 saturated heterocycles. The zero-order chi connectivity index (χ0) is 21.5. The van der Waals surface area contributed by atoms with Crippen LogP contribution in [0.5, 0.6) is 0 Å².